The normalized spacial score (nSPS) is 20.7. The van der Waals surface area contributed by atoms with Crippen LogP contribution in [0.3, 0.4) is 0 Å². The Bertz CT molecular complexity index is 1110. The summed E-state index contributed by atoms with van der Waals surface area (Å²) >= 11 is 0. The van der Waals surface area contributed by atoms with Gasteiger partial charge < -0.3 is 24.3 Å². The zero-order chi connectivity index (χ0) is 29.4. The molecule has 1 saturated heterocycles. The van der Waals surface area contributed by atoms with Crippen molar-refractivity contribution in [3.63, 3.8) is 0 Å². The monoisotopic (exact) mass is 554 g/mol. The molecule has 0 amide bonds. The molecular weight excluding hydrogens is 520 g/mol. The Morgan fingerprint density at radius 3 is 2.05 bits per heavy atom. The Labute approximate surface area is 224 Å². The van der Waals surface area contributed by atoms with E-state index in [1.54, 1.807) is 0 Å². The second-order valence-corrected chi connectivity index (χ2v) is 9.01. The van der Waals surface area contributed by atoms with Crippen LogP contribution >= 0.6 is 0 Å². The average Bonchev–Trinajstić information content (AvgIpc) is 2.83. The van der Waals surface area contributed by atoms with E-state index in [9.17, 15) is 34.6 Å². The smallest absolute Gasteiger partial charge is 0.303 e. The van der Waals surface area contributed by atoms with Gasteiger partial charge in [-0.15, -0.1) is 0 Å². The third kappa shape index (κ3) is 8.07. The summed E-state index contributed by atoms with van der Waals surface area (Å²) in [6.45, 7) is 8.20. The fourth-order valence-corrected chi connectivity index (χ4v) is 4.33. The molecule has 0 radical (unpaired) electrons. The Balaban J connectivity index is 2.46. The second kappa shape index (κ2) is 13.8. The van der Waals surface area contributed by atoms with E-state index < -0.39 is 63.7 Å². The van der Waals surface area contributed by atoms with Crippen molar-refractivity contribution in [2.24, 2.45) is 0 Å². The van der Waals surface area contributed by atoms with Gasteiger partial charge in [-0.2, -0.15) is 0 Å². The van der Waals surface area contributed by atoms with Crippen LogP contribution in [0.25, 0.3) is 0 Å². The lowest BCUT2D eigenvalue weighted by Gasteiger charge is -2.40. The molecule has 0 spiro atoms. The summed E-state index contributed by atoms with van der Waals surface area (Å²) in [5.74, 6) is -2.14. The van der Waals surface area contributed by atoms with Crippen LogP contribution in [-0.2, 0) is 39.9 Å². The molecule has 0 saturated carbocycles. The summed E-state index contributed by atoms with van der Waals surface area (Å²) in [5, 5.41) is 29.8. The minimum absolute atomic E-state index is 0.174. The van der Waals surface area contributed by atoms with E-state index in [4.69, 9.17) is 18.9 Å². The van der Waals surface area contributed by atoms with Gasteiger partial charge in [-0.25, -0.2) is 0 Å². The molecule has 0 unspecified atom stereocenters. The Morgan fingerprint density at radius 2 is 1.56 bits per heavy atom. The number of hydrogen-bond acceptors (Lipinski definition) is 13. The highest BCUT2D eigenvalue weighted by atomic mass is 16.7. The second-order valence-electron chi connectivity index (χ2n) is 9.01. The van der Waals surface area contributed by atoms with Crippen molar-refractivity contribution >= 4 is 35.0 Å². The van der Waals surface area contributed by atoms with Crippen LogP contribution in [0.1, 0.15) is 58.6 Å². The summed E-state index contributed by atoms with van der Waals surface area (Å²) in [6, 6.07) is 1.02. The number of esters is 3. The topological polar surface area (TPSA) is 198 Å². The number of nitrogens with one attached hydrogen (secondary N) is 2. The molecule has 216 valence electrons. The highest BCUT2D eigenvalue weighted by Crippen LogP contribution is 2.40. The van der Waals surface area contributed by atoms with Crippen LogP contribution in [0.2, 0.25) is 0 Å². The van der Waals surface area contributed by atoms with Crippen molar-refractivity contribution in [3.05, 3.63) is 37.4 Å². The van der Waals surface area contributed by atoms with Crippen LogP contribution in [0, 0.1) is 27.2 Å². The number of anilines is 1. The minimum atomic E-state index is -1.27. The zero-order valence-electron chi connectivity index (χ0n) is 22.7. The minimum Gasteiger partial charge on any atom is -0.456 e. The Kier molecular flexibility index (Phi) is 11.1. The predicted octanol–water partition coefficient (Wildman–Crippen LogP) is 2.65. The van der Waals surface area contributed by atoms with Gasteiger partial charge >= 0.3 is 23.6 Å². The molecule has 1 aromatic carbocycles. The summed E-state index contributed by atoms with van der Waals surface area (Å²) in [6.07, 6.45) is -3.50. The van der Waals surface area contributed by atoms with Gasteiger partial charge in [-0.3, -0.25) is 39.9 Å². The molecule has 1 aromatic rings. The van der Waals surface area contributed by atoms with Gasteiger partial charge in [-0.1, -0.05) is 13.8 Å². The van der Waals surface area contributed by atoms with Gasteiger partial charge in [0.1, 0.15) is 6.23 Å². The van der Waals surface area contributed by atoms with E-state index in [0.717, 1.165) is 20.8 Å². The molecule has 39 heavy (non-hydrogen) atoms. The quantitative estimate of drug-likeness (QED) is 0.165. The standard InChI is InChI=1S/C24H34N4O11/c1-7-17(8-2)26-20-18(27(32)33)9-16(12(3)21(20)28(34)35)10-25-24-23(39-15(6)31)22(38-14(5)30)19(11-36-24)37-13(4)29/h9,17,19,22-26H,7-8,10-11H2,1-6H3/t19-,22+,23-,24-/m0/s1. The third-order valence-corrected chi connectivity index (χ3v) is 6.20. The maximum Gasteiger partial charge on any atom is 0.303 e. The molecule has 15 heteroatoms. The van der Waals surface area contributed by atoms with Crippen LogP contribution in [-0.4, -0.2) is 64.9 Å². The van der Waals surface area contributed by atoms with Gasteiger partial charge in [0.15, 0.2) is 24.0 Å². The number of rotatable bonds is 12. The number of benzene rings is 1. The van der Waals surface area contributed by atoms with E-state index in [1.807, 2.05) is 13.8 Å². The van der Waals surface area contributed by atoms with E-state index in [2.05, 4.69) is 10.6 Å². The highest BCUT2D eigenvalue weighted by molar-refractivity contribution is 5.78. The van der Waals surface area contributed by atoms with Crippen molar-refractivity contribution in [1.82, 2.24) is 5.32 Å². The number of nitro groups is 2. The lowest BCUT2D eigenvalue weighted by atomic mass is 10.0. The third-order valence-electron chi connectivity index (χ3n) is 6.20. The molecule has 2 N–H and O–H groups in total. The first-order chi connectivity index (χ1) is 18.3. The SMILES string of the molecule is CCC(CC)Nc1c([N+](=O)[O-])cc(CN[C@H]2OC[C@H](OC(C)=O)[C@@H](OC(C)=O)[C@@H]2OC(C)=O)c(C)c1[N+](=O)[O-]. The van der Waals surface area contributed by atoms with Crippen LogP contribution in [0.5, 0.6) is 0 Å². The lowest BCUT2D eigenvalue weighted by Crippen LogP contribution is -2.61. The first-order valence-corrected chi connectivity index (χ1v) is 12.4. The number of carbonyl (C=O) groups excluding carboxylic acids is 3. The summed E-state index contributed by atoms with van der Waals surface area (Å²) in [7, 11) is 0. The van der Waals surface area contributed by atoms with E-state index in [0.29, 0.717) is 12.8 Å². The Hall–Kier alpha value is -3.85. The lowest BCUT2D eigenvalue weighted by molar-refractivity contribution is -0.392. The average molecular weight is 555 g/mol. The molecule has 15 nitrogen and oxygen atoms in total. The van der Waals surface area contributed by atoms with Crippen LogP contribution in [0.15, 0.2) is 6.07 Å². The molecular formula is C24H34N4O11. The summed E-state index contributed by atoms with van der Waals surface area (Å²) in [5.41, 5.74) is -0.669. The van der Waals surface area contributed by atoms with Crippen molar-refractivity contribution in [2.75, 3.05) is 11.9 Å². The van der Waals surface area contributed by atoms with Crippen molar-refractivity contribution in [1.29, 1.82) is 0 Å². The molecule has 1 fully saturated rings. The van der Waals surface area contributed by atoms with Crippen molar-refractivity contribution in [3.8, 4) is 0 Å². The summed E-state index contributed by atoms with van der Waals surface area (Å²) in [4.78, 5) is 57.7. The first-order valence-electron chi connectivity index (χ1n) is 12.4. The van der Waals surface area contributed by atoms with Crippen molar-refractivity contribution < 1.29 is 43.2 Å². The molecule has 1 heterocycles. The maximum atomic E-state index is 12.0. The number of ether oxygens (including phenoxy) is 4. The van der Waals surface area contributed by atoms with Crippen LogP contribution < -0.4 is 10.6 Å². The van der Waals surface area contributed by atoms with E-state index in [1.165, 1.54) is 13.0 Å². The van der Waals surface area contributed by atoms with Gasteiger partial charge in [0.25, 0.3) is 5.69 Å². The van der Waals surface area contributed by atoms with Gasteiger partial charge in [0.05, 0.1) is 16.5 Å². The van der Waals surface area contributed by atoms with Gasteiger partial charge in [0, 0.05) is 45.0 Å². The van der Waals surface area contributed by atoms with E-state index >= 15 is 0 Å². The van der Waals surface area contributed by atoms with Crippen LogP contribution in [0.4, 0.5) is 17.1 Å². The number of hydrogen-bond donors (Lipinski definition) is 2. The number of nitro benzene ring substituents is 2. The molecule has 0 bridgehead atoms. The predicted molar refractivity (Wildman–Crippen MR) is 136 cm³/mol. The fourth-order valence-electron chi connectivity index (χ4n) is 4.33. The Morgan fingerprint density at radius 1 is 1.00 bits per heavy atom. The zero-order valence-corrected chi connectivity index (χ0v) is 22.7. The van der Waals surface area contributed by atoms with E-state index in [-0.39, 0.29) is 36.0 Å². The highest BCUT2D eigenvalue weighted by Gasteiger charge is 2.47. The molecule has 1 aliphatic heterocycles. The molecule has 4 atom stereocenters. The van der Waals surface area contributed by atoms with Gasteiger partial charge in [-0.05, 0) is 25.3 Å². The fraction of sp³-hybridized carbons (Fsp3) is 0.625. The first kappa shape index (κ1) is 31.4. The number of nitrogens with zero attached hydrogens (tertiary/aromatic N) is 2. The van der Waals surface area contributed by atoms with Gasteiger partial charge in [0.2, 0.25) is 0 Å². The number of carbonyl (C=O) groups is 3. The molecule has 0 aliphatic carbocycles. The van der Waals surface area contributed by atoms with Crippen molar-refractivity contribution in [2.45, 2.75) is 91.5 Å². The molecule has 1 aliphatic rings. The largest absolute Gasteiger partial charge is 0.456 e. The maximum absolute atomic E-state index is 12.0. The molecule has 2 rings (SSSR count). The summed E-state index contributed by atoms with van der Waals surface area (Å²) < 4.78 is 21.5. The molecule has 0 aromatic heterocycles.